The number of halogens is 1. The van der Waals surface area contributed by atoms with Gasteiger partial charge in [-0.05, 0) is 48.6 Å². The molecule has 1 fully saturated rings. The van der Waals surface area contributed by atoms with Crippen LogP contribution >= 0.6 is 11.8 Å². The Hall–Kier alpha value is -3.72. The number of nitrogens with zero attached hydrogens (tertiary/aromatic N) is 3. The molecule has 2 aromatic carbocycles. The zero-order valence-electron chi connectivity index (χ0n) is 19.9. The Balaban J connectivity index is 1.57. The Kier molecular flexibility index (Phi) is 4.95. The van der Waals surface area contributed by atoms with E-state index in [4.69, 9.17) is 4.74 Å². The summed E-state index contributed by atoms with van der Waals surface area (Å²) in [7, 11) is 0. The summed E-state index contributed by atoms with van der Waals surface area (Å²) in [6.45, 7) is 0.454. The molecular formula is C28H24FN3O4S. The maximum absolute atomic E-state index is 14.8. The second-order valence-corrected chi connectivity index (χ2v) is 10.9. The molecule has 3 aliphatic heterocycles. The van der Waals surface area contributed by atoms with Crippen molar-refractivity contribution in [3.8, 4) is 11.5 Å². The number of pyridine rings is 1. The van der Waals surface area contributed by atoms with Crippen LogP contribution in [0.1, 0.15) is 52.5 Å². The zero-order valence-corrected chi connectivity index (χ0v) is 20.7. The first-order chi connectivity index (χ1) is 18.0. The zero-order chi connectivity index (χ0) is 25.3. The predicted octanol–water partition coefficient (Wildman–Crippen LogP) is 4.31. The standard InChI is InChI=1S/C28H24FN3O4S/c29-18-13-17-15-37-22-6-2-1-5-19(22)24-23(17)21(14-18)36-12-4-10-28(8-3-9-28)30-16-32(24)31-11-7-20(33)26(34)25(31)27(30)35/h1-2,4-7,10-11,13-14,24,34H,3,8-9,12,15-16H2/b10-4-/t24-/m0/s1. The average molecular weight is 518 g/mol. The Labute approximate surface area is 216 Å². The molecule has 1 aliphatic carbocycles. The van der Waals surface area contributed by atoms with Gasteiger partial charge in [0.1, 0.15) is 30.9 Å². The fraction of sp³-hybridized carbons (Fsp3) is 0.286. The highest BCUT2D eigenvalue weighted by molar-refractivity contribution is 7.98. The number of hydrogen-bond donors (Lipinski definition) is 1. The molecule has 0 radical (unpaired) electrons. The summed E-state index contributed by atoms with van der Waals surface area (Å²) in [6.07, 6.45) is 7.92. The van der Waals surface area contributed by atoms with E-state index in [0.29, 0.717) is 11.5 Å². The minimum absolute atomic E-state index is 0.0572. The second kappa shape index (κ2) is 8.14. The van der Waals surface area contributed by atoms with Crippen molar-refractivity contribution in [3.05, 3.63) is 99.2 Å². The number of ether oxygens (including phenoxy) is 1. The molecule has 7 rings (SSSR count). The summed E-state index contributed by atoms with van der Waals surface area (Å²) in [5.74, 6) is -0.322. The molecular weight excluding hydrogens is 493 g/mol. The Morgan fingerprint density at radius 1 is 1.14 bits per heavy atom. The lowest BCUT2D eigenvalue weighted by atomic mass is 9.74. The van der Waals surface area contributed by atoms with Gasteiger partial charge in [-0.3, -0.25) is 19.3 Å². The molecule has 1 amide bonds. The van der Waals surface area contributed by atoms with Crippen LogP contribution in [0.2, 0.25) is 0 Å². The monoisotopic (exact) mass is 517 g/mol. The van der Waals surface area contributed by atoms with Crippen molar-refractivity contribution in [2.75, 3.05) is 18.3 Å². The number of aromatic hydroxyl groups is 1. The molecule has 4 aliphatic rings. The number of benzene rings is 2. The molecule has 1 spiro atoms. The number of hydrogen-bond acceptors (Lipinski definition) is 6. The second-order valence-electron chi connectivity index (χ2n) is 9.91. The van der Waals surface area contributed by atoms with E-state index in [-0.39, 0.29) is 30.7 Å². The van der Waals surface area contributed by atoms with Crippen molar-refractivity contribution in [1.82, 2.24) is 9.58 Å². The summed E-state index contributed by atoms with van der Waals surface area (Å²) in [6, 6.07) is 11.8. The van der Waals surface area contributed by atoms with Gasteiger partial charge in [-0.2, -0.15) is 0 Å². The van der Waals surface area contributed by atoms with Crippen LogP contribution < -0.4 is 15.2 Å². The van der Waals surface area contributed by atoms with Gasteiger partial charge < -0.3 is 14.7 Å². The van der Waals surface area contributed by atoms with Gasteiger partial charge in [0.25, 0.3) is 5.91 Å². The van der Waals surface area contributed by atoms with Gasteiger partial charge in [0.05, 0.1) is 5.54 Å². The van der Waals surface area contributed by atoms with Gasteiger partial charge in [-0.15, -0.1) is 11.8 Å². The molecule has 1 N–H and O–H groups in total. The highest BCUT2D eigenvalue weighted by Gasteiger charge is 2.49. The van der Waals surface area contributed by atoms with Crippen LogP contribution in [0, 0.1) is 5.82 Å². The van der Waals surface area contributed by atoms with Crippen molar-refractivity contribution in [2.45, 2.75) is 41.5 Å². The van der Waals surface area contributed by atoms with Crippen molar-refractivity contribution in [2.24, 2.45) is 0 Å². The first-order valence-electron chi connectivity index (χ1n) is 12.3. The van der Waals surface area contributed by atoms with Crippen LogP contribution in [0.3, 0.4) is 0 Å². The molecule has 3 aromatic rings. The third kappa shape index (κ3) is 3.26. The number of rotatable bonds is 0. The van der Waals surface area contributed by atoms with Crippen molar-refractivity contribution >= 4 is 17.7 Å². The highest BCUT2D eigenvalue weighted by Crippen LogP contribution is 2.48. The lowest BCUT2D eigenvalue weighted by Gasteiger charge is -2.54. The quantitative estimate of drug-likeness (QED) is 0.448. The van der Waals surface area contributed by atoms with Crippen molar-refractivity contribution in [1.29, 1.82) is 0 Å². The molecule has 0 unspecified atom stereocenters. The van der Waals surface area contributed by atoms with E-state index >= 15 is 0 Å². The minimum Gasteiger partial charge on any atom is -0.502 e. The van der Waals surface area contributed by atoms with E-state index in [2.05, 4.69) is 0 Å². The number of thioether (sulfide) groups is 1. The first kappa shape index (κ1) is 22.5. The Morgan fingerprint density at radius 3 is 2.78 bits per heavy atom. The third-order valence-electron chi connectivity index (χ3n) is 7.95. The summed E-state index contributed by atoms with van der Waals surface area (Å²) in [5.41, 5.74) is 1.39. The molecule has 1 aromatic heterocycles. The fourth-order valence-corrected chi connectivity index (χ4v) is 7.08. The lowest BCUT2D eigenvalue weighted by Crippen LogP contribution is -2.64. The normalized spacial score (nSPS) is 22.0. The van der Waals surface area contributed by atoms with Gasteiger partial charge >= 0.3 is 0 Å². The summed E-state index contributed by atoms with van der Waals surface area (Å²) in [5, 5.41) is 12.9. The third-order valence-corrected chi connectivity index (χ3v) is 9.08. The summed E-state index contributed by atoms with van der Waals surface area (Å²) in [4.78, 5) is 29.2. The molecule has 2 bridgehead atoms. The molecule has 188 valence electrons. The molecule has 1 saturated carbocycles. The molecule has 7 nitrogen and oxygen atoms in total. The largest absolute Gasteiger partial charge is 0.502 e. The van der Waals surface area contributed by atoms with E-state index in [9.17, 15) is 19.1 Å². The number of carbonyl (C=O) groups excluding carboxylic acids is 1. The first-order valence-corrected chi connectivity index (χ1v) is 13.3. The molecule has 4 heterocycles. The molecule has 0 saturated heterocycles. The molecule has 37 heavy (non-hydrogen) atoms. The van der Waals surface area contributed by atoms with Crippen molar-refractivity contribution < 1.29 is 19.0 Å². The maximum atomic E-state index is 14.8. The van der Waals surface area contributed by atoms with Crippen LogP contribution in [-0.2, 0) is 5.75 Å². The van der Waals surface area contributed by atoms with E-state index < -0.39 is 22.8 Å². The van der Waals surface area contributed by atoms with Crippen LogP contribution in [0.25, 0.3) is 0 Å². The van der Waals surface area contributed by atoms with Crippen molar-refractivity contribution in [3.63, 3.8) is 0 Å². The predicted molar refractivity (Wildman–Crippen MR) is 137 cm³/mol. The number of carbonyl (C=O) groups is 1. The van der Waals surface area contributed by atoms with Crippen LogP contribution in [-0.4, -0.2) is 39.4 Å². The van der Waals surface area contributed by atoms with Gasteiger partial charge in [-0.25, -0.2) is 4.39 Å². The average Bonchev–Trinajstić information content (AvgIpc) is 3.03. The van der Waals surface area contributed by atoms with Gasteiger partial charge in [0.2, 0.25) is 5.43 Å². The Morgan fingerprint density at radius 2 is 1.97 bits per heavy atom. The molecule has 9 heteroatoms. The van der Waals surface area contributed by atoms with Gasteiger partial charge in [0.15, 0.2) is 11.4 Å². The number of amides is 1. The fourth-order valence-electron chi connectivity index (χ4n) is 6.01. The SMILES string of the molecule is O=C1c2c(O)c(=O)ccn2N2CN1C1(/C=C\COc3cc(F)cc4c3[C@@H]2c2ccccc2SC4)CCC1. The summed E-state index contributed by atoms with van der Waals surface area (Å²) < 4.78 is 22.6. The van der Waals surface area contributed by atoms with Gasteiger partial charge in [-0.1, -0.05) is 24.3 Å². The van der Waals surface area contributed by atoms with Crippen LogP contribution in [0.4, 0.5) is 4.39 Å². The van der Waals surface area contributed by atoms with E-state index in [1.165, 1.54) is 12.1 Å². The summed E-state index contributed by atoms with van der Waals surface area (Å²) >= 11 is 1.63. The van der Waals surface area contributed by atoms with Crippen LogP contribution in [0.15, 0.2) is 70.5 Å². The maximum Gasteiger partial charge on any atom is 0.278 e. The Bertz CT molecular complexity index is 1550. The number of aromatic nitrogens is 1. The van der Waals surface area contributed by atoms with E-state index in [1.807, 2.05) is 41.4 Å². The smallest absolute Gasteiger partial charge is 0.278 e. The number of fused-ring (bicyclic) bond motifs is 8. The lowest BCUT2D eigenvalue weighted by molar-refractivity contribution is 0.0255. The molecule has 1 atom stereocenters. The van der Waals surface area contributed by atoms with Crippen LogP contribution in [0.5, 0.6) is 11.5 Å². The minimum atomic E-state index is -0.604. The topological polar surface area (TPSA) is 75.0 Å². The highest BCUT2D eigenvalue weighted by atomic mass is 32.2. The van der Waals surface area contributed by atoms with E-state index in [1.54, 1.807) is 33.6 Å². The van der Waals surface area contributed by atoms with Gasteiger partial charge in [0, 0.05) is 34.5 Å². The van der Waals surface area contributed by atoms with E-state index in [0.717, 1.165) is 40.8 Å².